The zero-order chi connectivity index (χ0) is 17.6. The molecule has 0 radical (unpaired) electrons. The van der Waals surface area contributed by atoms with Gasteiger partial charge in [-0.3, -0.25) is 0 Å². The number of benzene rings is 1. The maximum Gasteiger partial charge on any atom is 0.119 e. The summed E-state index contributed by atoms with van der Waals surface area (Å²) in [5, 5.41) is 0. The van der Waals surface area contributed by atoms with Crippen molar-refractivity contribution in [3.63, 3.8) is 0 Å². The topological polar surface area (TPSA) is 15.7 Å². The number of rotatable bonds is 7. The van der Waals surface area contributed by atoms with E-state index in [0.717, 1.165) is 24.7 Å². The van der Waals surface area contributed by atoms with Gasteiger partial charge in [-0.2, -0.15) is 0 Å². The Bertz CT molecular complexity index is 561. The highest BCUT2D eigenvalue weighted by Gasteiger charge is 2.22. The minimum Gasteiger partial charge on any atom is -0.494 e. The predicted octanol–water partition coefficient (Wildman–Crippen LogP) is 4.14. The van der Waals surface area contributed by atoms with E-state index < -0.39 is 0 Å². The largest absolute Gasteiger partial charge is 0.494 e. The molecule has 1 aliphatic carbocycles. The summed E-state index contributed by atoms with van der Waals surface area (Å²) in [6, 6.07) is 6.87. The molecule has 0 saturated carbocycles. The summed E-state index contributed by atoms with van der Waals surface area (Å²) in [6.07, 6.45) is 12.0. The molecule has 1 aromatic carbocycles. The first kappa shape index (κ1) is 18.3. The van der Waals surface area contributed by atoms with Gasteiger partial charge in [0.25, 0.3) is 0 Å². The van der Waals surface area contributed by atoms with Gasteiger partial charge in [0, 0.05) is 13.1 Å². The summed E-state index contributed by atoms with van der Waals surface area (Å²) in [7, 11) is 0. The third kappa shape index (κ3) is 5.01. The molecule has 1 aromatic rings. The number of hydrogen-bond acceptors (Lipinski definition) is 3. The number of ether oxygens (including phenoxy) is 1. The van der Waals surface area contributed by atoms with Gasteiger partial charge in [0.15, 0.2) is 0 Å². The van der Waals surface area contributed by atoms with Gasteiger partial charge in [-0.15, -0.1) is 0 Å². The number of fused-ring (bicyclic) bond motifs is 1. The molecule has 2 fully saturated rings. The zero-order valence-electron chi connectivity index (χ0n) is 16.4. The van der Waals surface area contributed by atoms with Crippen molar-refractivity contribution in [1.29, 1.82) is 0 Å². The van der Waals surface area contributed by atoms with Crippen LogP contribution >= 0.6 is 0 Å². The molecule has 3 aliphatic rings. The first-order valence-electron chi connectivity index (χ1n) is 11.1. The molecule has 1 unspecified atom stereocenters. The Balaban J connectivity index is 1.21. The summed E-state index contributed by atoms with van der Waals surface area (Å²) >= 11 is 0. The van der Waals surface area contributed by atoms with Crippen molar-refractivity contribution in [1.82, 2.24) is 9.80 Å². The highest BCUT2D eigenvalue weighted by molar-refractivity contribution is 5.37. The Labute approximate surface area is 159 Å². The number of nitrogens with zero attached hydrogens (tertiary/aromatic N) is 2. The van der Waals surface area contributed by atoms with Gasteiger partial charge >= 0.3 is 0 Å². The molecule has 4 rings (SSSR count). The molecule has 26 heavy (non-hydrogen) atoms. The fourth-order valence-electron chi connectivity index (χ4n) is 5.04. The highest BCUT2D eigenvalue weighted by atomic mass is 16.5. The van der Waals surface area contributed by atoms with E-state index in [0.29, 0.717) is 0 Å². The Kier molecular flexibility index (Phi) is 6.50. The van der Waals surface area contributed by atoms with Crippen LogP contribution in [0.5, 0.6) is 5.75 Å². The molecule has 2 saturated heterocycles. The molecule has 0 N–H and O–H groups in total. The molecule has 0 amide bonds. The lowest BCUT2D eigenvalue weighted by Crippen LogP contribution is -2.31. The lowest BCUT2D eigenvalue weighted by atomic mass is 9.83. The maximum atomic E-state index is 6.06. The molecular formula is C23H36N2O. The van der Waals surface area contributed by atoms with E-state index in [1.54, 1.807) is 5.56 Å². The minimum atomic E-state index is 0.854. The summed E-state index contributed by atoms with van der Waals surface area (Å²) in [5.41, 5.74) is 3.11. The van der Waals surface area contributed by atoms with Crippen LogP contribution in [0.15, 0.2) is 18.2 Å². The van der Waals surface area contributed by atoms with Crippen LogP contribution in [0.3, 0.4) is 0 Å². The molecular weight excluding hydrogens is 320 g/mol. The fourth-order valence-corrected chi connectivity index (χ4v) is 5.04. The number of piperidine rings is 1. The summed E-state index contributed by atoms with van der Waals surface area (Å²) in [5.74, 6) is 1.94. The van der Waals surface area contributed by atoms with Gasteiger partial charge in [0.2, 0.25) is 0 Å². The Morgan fingerprint density at radius 3 is 2.50 bits per heavy atom. The Hall–Kier alpha value is -1.06. The number of hydrogen-bond donors (Lipinski definition) is 0. The maximum absolute atomic E-state index is 6.06. The quantitative estimate of drug-likeness (QED) is 0.683. The molecule has 0 aromatic heterocycles. The van der Waals surface area contributed by atoms with Crippen molar-refractivity contribution in [2.75, 3.05) is 45.9 Å². The van der Waals surface area contributed by atoms with E-state index in [4.69, 9.17) is 4.74 Å². The van der Waals surface area contributed by atoms with E-state index in [9.17, 15) is 0 Å². The van der Waals surface area contributed by atoms with Crippen molar-refractivity contribution in [3.05, 3.63) is 29.3 Å². The molecule has 2 aliphatic heterocycles. The van der Waals surface area contributed by atoms with Crippen LogP contribution in [0.25, 0.3) is 0 Å². The number of likely N-dealkylation sites (tertiary alicyclic amines) is 2. The Morgan fingerprint density at radius 1 is 0.885 bits per heavy atom. The zero-order valence-corrected chi connectivity index (χ0v) is 16.4. The van der Waals surface area contributed by atoms with E-state index in [2.05, 4.69) is 28.0 Å². The third-order valence-electron chi connectivity index (χ3n) is 6.56. The van der Waals surface area contributed by atoms with E-state index >= 15 is 0 Å². The first-order chi connectivity index (χ1) is 12.9. The van der Waals surface area contributed by atoms with Crippen LogP contribution in [0.2, 0.25) is 0 Å². The minimum absolute atomic E-state index is 0.854. The van der Waals surface area contributed by atoms with Crippen LogP contribution in [-0.4, -0.2) is 55.7 Å². The second-order valence-electron chi connectivity index (χ2n) is 8.65. The SMILES string of the molecule is c1cc2c(cc1OCCCN1CCCCC1)CCC(CN1CCCC1)C2. The lowest BCUT2D eigenvalue weighted by molar-refractivity contribution is 0.205. The third-order valence-corrected chi connectivity index (χ3v) is 6.56. The molecule has 2 heterocycles. The smallest absolute Gasteiger partial charge is 0.119 e. The second kappa shape index (κ2) is 9.23. The second-order valence-corrected chi connectivity index (χ2v) is 8.65. The van der Waals surface area contributed by atoms with Crippen LogP contribution in [0.4, 0.5) is 0 Å². The van der Waals surface area contributed by atoms with Crippen molar-refractivity contribution >= 4 is 0 Å². The highest BCUT2D eigenvalue weighted by Crippen LogP contribution is 2.29. The van der Waals surface area contributed by atoms with Crippen LogP contribution in [0.1, 0.15) is 56.1 Å². The normalized spacial score (nSPS) is 24.5. The molecule has 144 valence electrons. The van der Waals surface area contributed by atoms with Crippen LogP contribution < -0.4 is 4.74 Å². The van der Waals surface area contributed by atoms with Gasteiger partial charge in [-0.1, -0.05) is 12.5 Å². The van der Waals surface area contributed by atoms with Crippen molar-refractivity contribution in [2.24, 2.45) is 5.92 Å². The van der Waals surface area contributed by atoms with Crippen LogP contribution in [-0.2, 0) is 12.8 Å². The summed E-state index contributed by atoms with van der Waals surface area (Å²) < 4.78 is 6.06. The lowest BCUT2D eigenvalue weighted by Gasteiger charge is -2.28. The van der Waals surface area contributed by atoms with Crippen molar-refractivity contribution in [3.8, 4) is 5.75 Å². The Morgan fingerprint density at radius 2 is 1.65 bits per heavy atom. The standard InChI is InChI=1S/C23H36N2O/c1-2-11-24(12-3-1)15-6-16-26-23-10-9-21-17-20(7-8-22(21)18-23)19-25-13-4-5-14-25/h9-10,18,20H,1-8,11-17,19H2. The van der Waals surface area contributed by atoms with Gasteiger partial charge in [0.05, 0.1) is 6.61 Å². The fraction of sp³-hybridized carbons (Fsp3) is 0.739. The van der Waals surface area contributed by atoms with Gasteiger partial charge in [0.1, 0.15) is 5.75 Å². The van der Waals surface area contributed by atoms with Gasteiger partial charge in [-0.25, -0.2) is 0 Å². The average Bonchev–Trinajstić information content (AvgIpc) is 3.19. The summed E-state index contributed by atoms with van der Waals surface area (Å²) in [6.45, 7) is 8.60. The van der Waals surface area contributed by atoms with E-state index in [1.165, 1.54) is 96.2 Å². The monoisotopic (exact) mass is 356 g/mol. The first-order valence-corrected chi connectivity index (χ1v) is 11.1. The predicted molar refractivity (Wildman–Crippen MR) is 108 cm³/mol. The van der Waals surface area contributed by atoms with Crippen molar-refractivity contribution < 1.29 is 4.74 Å². The number of aryl methyl sites for hydroxylation is 1. The molecule has 3 nitrogen and oxygen atoms in total. The van der Waals surface area contributed by atoms with Gasteiger partial charge < -0.3 is 14.5 Å². The summed E-state index contributed by atoms with van der Waals surface area (Å²) in [4.78, 5) is 5.27. The van der Waals surface area contributed by atoms with Gasteiger partial charge in [-0.05, 0) is 107 Å². The van der Waals surface area contributed by atoms with E-state index in [-0.39, 0.29) is 0 Å². The van der Waals surface area contributed by atoms with Crippen molar-refractivity contribution in [2.45, 2.75) is 57.8 Å². The molecule has 3 heteroatoms. The van der Waals surface area contributed by atoms with E-state index in [1.807, 2.05) is 0 Å². The average molecular weight is 357 g/mol. The molecule has 0 spiro atoms. The molecule has 0 bridgehead atoms. The van der Waals surface area contributed by atoms with Crippen LogP contribution in [0, 0.1) is 5.92 Å². The molecule has 1 atom stereocenters.